The third kappa shape index (κ3) is 4.96. The molecule has 3 heteroatoms. The first kappa shape index (κ1) is 12.2. The molecular formula is C12H22N2O. The fourth-order valence-corrected chi connectivity index (χ4v) is 1.92. The summed E-state index contributed by atoms with van der Waals surface area (Å²) in [4.78, 5) is 11.4. The van der Waals surface area contributed by atoms with Crippen molar-refractivity contribution < 1.29 is 4.79 Å². The number of nitrogens with zero attached hydrogens (tertiary/aromatic N) is 1. The van der Waals surface area contributed by atoms with Gasteiger partial charge in [0.05, 0.1) is 0 Å². The van der Waals surface area contributed by atoms with E-state index in [-0.39, 0.29) is 5.91 Å². The Bertz CT molecular complexity index is 246. The van der Waals surface area contributed by atoms with Gasteiger partial charge >= 0.3 is 0 Å². The van der Waals surface area contributed by atoms with Crippen molar-refractivity contribution in [3.05, 3.63) is 0 Å². The molecular weight excluding hydrogens is 188 g/mol. The Kier molecular flexibility index (Phi) is 4.79. The number of hydrogen-bond donors (Lipinski definition) is 1. The third-order valence-electron chi connectivity index (χ3n) is 2.68. The Morgan fingerprint density at radius 2 is 2.33 bits per heavy atom. The predicted octanol–water partition coefficient (Wildman–Crippen LogP) is 2.71. The molecule has 1 N–H and O–H groups in total. The topological polar surface area (TPSA) is 41.5 Å². The van der Waals surface area contributed by atoms with Gasteiger partial charge in [0.15, 0.2) is 0 Å². The van der Waals surface area contributed by atoms with Crippen LogP contribution in [0.1, 0.15) is 52.9 Å². The van der Waals surface area contributed by atoms with Crippen LogP contribution in [0, 0.1) is 11.8 Å². The Hall–Kier alpha value is -0.860. The van der Waals surface area contributed by atoms with Gasteiger partial charge in [0.25, 0.3) is 0 Å². The maximum Gasteiger partial charge on any atom is 0.240 e. The molecule has 0 aliphatic heterocycles. The van der Waals surface area contributed by atoms with E-state index in [4.69, 9.17) is 0 Å². The maximum absolute atomic E-state index is 11.4. The van der Waals surface area contributed by atoms with Crippen molar-refractivity contribution in [2.75, 3.05) is 0 Å². The summed E-state index contributed by atoms with van der Waals surface area (Å²) in [6.45, 7) is 6.31. The first-order chi connectivity index (χ1) is 7.08. The zero-order chi connectivity index (χ0) is 11.3. The standard InChI is InChI=1S/C12H22N2O/c1-9(2)7-12(15)14-13-11-6-4-5-10(3)8-11/h9-10H,4-8H2,1-3H3,(H,14,15)/b13-11-/t10-/m1/s1. The van der Waals surface area contributed by atoms with Gasteiger partial charge in [-0.2, -0.15) is 5.10 Å². The van der Waals surface area contributed by atoms with Crippen LogP contribution in [0.2, 0.25) is 0 Å². The van der Waals surface area contributed by atoms with Gasteiger partial charge in [0.1, 0.15) is 0 Å². The summed E-state index contributed by atoms with van der Waals surface area (Å²) in [5.74, 6) is 1.16. The average molecular weight is 210 g/mol. The van der Waals surface area contributed by atoms with E-state index < -0.39 is 0 Å². The molecule has 0 aromatic heterocycles. The summed E-state index contributed by atoms with van der Waals surface area (Å²) in [5.41, 5.74) is 3.81. The maximum atomic E-state index is 11.4. The first-order valence-corrected chi connectivity index (χ1v) is 5.92. The van der Waals surface area contributed by atoms with Gasteiger partial charge in [0.2, 0.25) is 5.91 Å². The molecule has 0 aromatic rings. The van der Waals surface area contributed by atoms with Crippen molar-refractivity contribution >= 4 is 11.6 Å². The second kappa shape index (κ2) is 5.89. The molecule has 1 amide bonds. The molecule has 1 aliphatic rings. The Labute approximate surface area is 92.3 Å². The normalized spacial score (nSPS) is 24.5. The summed E-state index contributed by atoms with van der Waals surface area (Å²) < 4.78 is 0. The van der Waals surface area contributed by atoms with Crippen LogP contribution in [0.4, 0.5) is 0 Å². The molecule has 1 fully saturated rings. The minimum absolute atomic E-state index is 0.0377. The highest BCUT2D eigenvalue weighted by atomic mass is 16.2. The monoisotopic (exact) mass is 210 g/mol. The third-order valence-corrected chi connectivity index (χ3v) is 2.68. The molecule has 1 rings (SSSR count). The van der Waals surface area contributed by atoms with Gasteiger partial charge in [-0.1, -0.05) is 20.8 Å². The summed E-state index contributed by atoms with van der Waals surface area (Å²) in [6, 6.07) is 0. The van der Waals surface area contributed by atoms with E-state index in [2.05, 4.69) is 17.5 Å². The predicted molar refractivity (Wildman–Crippen MR) is 62.7 cm³/mol. The fourth-order valence-electron chi connectivity index (χ4n) is 1.92. The molecule has 0 spiro atoms. The van der Waals surface area contributed by atoms with Crippen LogP contribution in [0.15, 0.2) is 5.10 Å². The molecule has 0 aromatic carbocycles. The van der Waals surface area contributed by atoms with Crippen LogP contribution in [-0.4, -0.2) is 11.6 Å². The lowest BCUT2D eigenvalue weighted by molar-refractivity contribution is -0.121. The molecule has 0 unspecified atom stereocenters. The number of carbonyl (C=O) groups is 1. The number of hydrogen-bond acceptors (Lipinski definition) is 2. The largest absolute Gasteiger partial charge is 0.273 e. The number of nitrogens with one attached hydrogen (secondary N) is 1. The smallest absolute Gasteiger partial charge is 0.240 e. The van der Waals surface area contributed by atoms with Crippen molar-refractivity contribution in [3.63, 3.8) is 0 Å². The van der Waals surface area contributed by atoms with Crippen molar-refractivity contribution in [2.45, 2.75) is 52.9 Å². The van der Waals surface area contributed by atoms with E-state index in [1.54, 1.807) is 0 Å². The first-order valence-electron chi connectivity index (χ1n) is 5.92. The van der Waals surface area contributed by atoms with Crippen LogP contribution in [0.3, 0.4) is 0 Å². The second-order valence-corrected chi connectivity index (χ2v) is 5.01. The van der Waals surface area contributed by atoms with Gasteiger partial charge in [-0.15, -0.1) is 0 Å². The lowest BCUT2D eigenvalue weighted by Gasteiger charge is -2.19. The van der Waals surface area contributed by atoms with Gasteiger partial charge in [0, 0.05) is 12.1 Å². The van der Waals surface area contributed by atoms with Gasteiger partial charge in [-0.25, -0.2) is 5.43 Å². The molecule has 3 nitrogen and oxygen atoms in total. The van der Waals surface area contributed by atoms with Crippen molar-refractivity contribution in [1.82, 2.24) is 5.43 Å². The van der Waals surface area contributed by atoms with Crippen LogP contribution in [0.5, 0.6) is 0 Å². The molecule has 0 bridgehead atoms. The van der Waals surface area contributed by atoms with E-state index in [1.165, 1.54) is 12.8 Å². The van der Waals surface area contributed by atoms with E-state index in [0.29, 0.717) is 12.3 Å². The minimum atomic E-state index is 0.0377. The Morgan fingerprint density at radius 1 is 1.60 bits per heavy atom. The van der Waals surface area contributed by atoms with Crippen molar-refractivity contribution in [2.24, 2.45) is 16.9 Å². The van der Waals surface area contributed by atoms with Gasteiger partial charge in [-0.3, -0.25) is 4.79 Å². The quantitative estimate of drug-likeness (QED) is 0.715. The number of carbonyl (C=O) groups excluding carboxylic acids is 1. The summed E-state index contributed by atoms with van der Waals surface area (Å²) in [5, 5.41) is 4.20. The highest BCUT2D eigenvalue weighted by Gasteiger charge is 2.14. The lowest BCUT2D eigenvalue weighted by Crippen LogP contribution is -2.23. The van der Waals surface area contributed by atoms with E-state index >= 15 is 0 Å². The van der Waals surface area contributed by atoms with Crippen molar-refractivity contribution in [3.8, 4) is 0 Å². The number of rotatable bonds is 3. The molecule has 1 aliphatic carbocycles. The van der Waals surface area contributed by atoms with Crippen LogP contribution in [0.25, 0.3) is 0 Å². The van der Waals surface area contributed by atoms with E-state index in [9.17, 15) is 4.79 Å². The lowest BCUT2D eigenvalue weighted by atomic mass is 9.89. The van der Waals surface area contributed by atoms with Gasteiger partial charge < -0.3 is 0 Å². The summed E-state index contributed by atoms with van der Waals surface area (Å²) in [7, 11) is 0. The van der Waals surface area contributed by atoms with E-state index in [0.717, 1.165) is 24.5 Å². The minimum Gasteiger partial charge on any atom is -0.273 e. The zero-order valence-corrected chi connectivity index (χ0v) is 10.0. The zero-order valence-electron chi connectivity index (χ0n) is 10.0. The van der Waals surface area contributed by atoms with Gasteiger partial charge in [-0.05, 0) is 37.5 Å². The van der Waals surface area contributed by atoms with Crippen LogP contribution in [-0.2, 0) is 4.79 Å². The highest BCUT2D eigenvalue weighted by molar-refractivity contribution is 5.87. The molecule has 0 saturated heterocycles. The van der Waals surface area contributed by atoms with Crippen molar-refractivity contribution in [1.29, 1.82) is 0 Å². The summed E-state index contributed by atoms with van der Waals surface area (Å²) >= 11 is 0. The van der Waals surface area contributed by atoms with E-state index in [1.807, 2.05) is 13.8 Å². The fraction of sp³-hybridized carbons (Fsp3) is 0.833. The highest BCUT2D eigenvalue weighted by Crippen LogP contribution is 2.20. The Balaban J connectivity index is 2.33. The molecule has 15 heavy (non-hydrogen) atoms. The molecule has 0 heterocycles. The number of hydrazone groups is 1. The van der Waals surface area contributed by atoms with Crippen LogP contribution < -0.4 is 5.43 Å². The van der Waals surface area contributed by atoms with Crippen LogP contribution >= 0.6 is 0 Å². The average Bonchev–Trinajstić information content (AvgIpc) is 2.14. The Morgan fingerprint density at radius 3 is 2.93 bits per heavy atom. The molecule has 1 atom stereocenters. The molecule has 1 saturated carbocycles. The SMILES string of the molecule is CC(C)CC(=O)N/N=C1/CCC[C@@H](C)C1. The molecule has 0 radical (unpaired) electrons. The number of amides is 1. The summed E-state index contributed by atoms with van der Waals surface area (Å²) in [6.07, 6.45) is 5.15. The molecule has 86 valence electrons. The second-order valence-electron chi connectivity index (χ2n) is 5.01.